The first kappa shape index (κ1) is 11.0. The zero-order valence-corrected chi connectivity index (χ0v) is 9.73. The van der Waals surface area contributed by atoms with Gasteiger partial charge in [-0.05, 0) is 30.9 Å². The number of nitrogens with two attached hydrogens (primary N) is 1. The van der Waals surface area contributed by atoms with Crippen LogP contribution < -0.4 is 5.73 Å². The van der Waals surface area contributed by atoms with Gasteiger partial charge in [0.15, 0.2) is 0 Å². The van der Waals surface area contributed by atoms with Gasteiger partial charge >= 0.3 is 0 Å². The average Bonchev–Trinajstić information content (AvgIpc) is 2.30. The minimum atomic E-state index is 0.107. The predicted molar refractivity (Wildman–Crippen MR) is 68.4 cm³/mol. The Bertz CT molecular complexity index is 493. The van der Waals surface area contributed by atoms with Crippen molar-refractivity contribution in [3.63, 3.8) is 0 Å². The molecular weight excluding hydrogens is 198 g/mol. The van der Waals surface area contributed by atoms with Gasteiger partial charge < -0.3 is 10.5 Å². The maximum atomic E-state index is 5.96. The summed E-state index contributed by atoms with van der Waals surface area (Å²) in [5.41, 5.74) is 7.98. The molecule has 2 nitrogen and oxygen atoms in total. The molecule has 0 unspecified atom stereocenters. The van der Waals surface area contributed by atoms with Crippen molar-refractivity contribution in [2.24, 2.45) is 0 Å². The lowest BCUT2D eigenvalue weighted by Crippen LogP contribution is -2.01. The number of nitrogen functional groups attached to an aromatic ring is 1. The number of hydrogen-bond donors (Lipinski definition) is 1. The van der Waals surface area contributed by atoms with Crippen LogP contribution in [0.1, 0.15) is 25.5 Å². The highest BCUT2D eigenvalue weighted by Gasteiger charge is 2.10. The molecule has 0 aliphatic carbocycles. The highest BCUT2D eigenvalue weighted by atomic mass is 16.5. The second kappa shape index (κ2) is 4.54. The molecule has 2 heteroatoms. The van der Waals surface area contributed by atoms with E-state index < -0.39 is 0 Å². The molecule has 0 bridgehead atoms. The molecule has 0 saturated carbocycles. The molecule has 1 atom stereocenters. The van der Waals surface area contributed by atoms with E-state index in [0.717, 1.165) is 17.7 Å². The summed E-state index contributed by atoms with van der Waals surface area (Å²) in [6, 6.07) is 12.2. The van der Waals surface area contributed by atoms with Crippen LogP contribution in [0, 0.1) is 0 Å². The fourth-order valence-electron chi connectivity index (χ4n) is 2.04. The Morgan fingerprint density at radius 1 is 1.12 bits per heavy atom. The molecular formula is C14H17NO. The van der Waals surface area contributed by atoms with Crippen LogP contribution in [-0.4, -0.2) is 6.61 Å². The Hall–Kier alpha value is -1.54. The first-order valence-corrected chi connectivity index (χ1v) is 5.62. The lowest BCUT2D eigenvalue weighted by atomic mass is 10.00. The molecule has 16 heavy (non-hydrogen) atoms. The second-order valence-electron chi connectivity index (χ2n) is 3.89. The quantitative estimate of drug-likeness (QED) is 0.795. The Kier molecular flexibility index (Phi) is 3.11. The molecule has 2 aromatic rings. The van der Waals surface area contributed by atoms with Gasteiger partial charge in [0.25, 0.3) is 0 Å². The molecule has 0 heterocycles. The van der Waals surface area contributed by atoms with Crippen molar-refractivity contribution in [2.45, 2.75) is 20.0 Å². The number of ether oxygens (including phenoxy) is 1. The van der Waals surface area contributed by atoms with Crippen LogP contribution in [0.2, 0.25) is 0 Å². The summed E-state index contributed by atoms with van der Waals surface area (Å²) in [5.74, 6) is 0. The summed E-state index contributed by atoms with van der Waals surface area (Å²) in [6.45, 7) is 4.80. The van der Waals surface area contributed by atoms with E-state index in [0.29, 0.717) is 0 Å². The minimum Gasteiger partial charge on any atom is -0.398 e. The molecule has 0 fully saturated rings. The van der Waals surface area contributed by atoms with Gasteiger partial charge in [-0.2, -0.15) is 0 Å². The summed E-state index contributed by atoms with van der Waals surface area (Å²) < 4.78 is 5.64. The lowest BCUT2D eigenvalue weighted by molar-refractivity contribution is 0.0774. The fourth-order valence-corrected chi connectivity index (χ4v) is 2.04. The Labute approximate surface area is 96.0 Å². The number of hydrogen-bond acceptors (Lipinski definition) is 2. The van der Waals surface area contributed by atoms with Gasteiger partial charge in [-0.25, -0.2) is 0 Å². The van der Waals surface area contributed by atoms with E-state index in [1.54, 1.807) is 0 Å². The van der Waals surface area contributed by atoms with Crippen LogP contribution in [0.4, 0.5) is 5.69 Å². The van der Waals surface area contributed by atoms with Crippen LogP contribution in [-0.2, 0) is 4.74 Å². The van der Waals surface area contributed by atoms with Gasteiger partial charge in [0.05, 0.1) is 6.10 Å². The molecule has 2 aromatic carbocycles. The van der Waals surface area contributed by atoms with Crippen molar-refractivity contribution in [3.05, 3.63) is 42.0 Å². The van der Waals surface area contributed by atoms with Gasteiger partial charge in [-0.3, -0.25) is 0 Å². The van der Waals surface area contributed by atoms with Gasteiger partial charge in [0.1, 0.15) is 0 Å². The molecule has 0 aliphatic heterocycles. The smallest absolute Gasteiger partial charge is 0.0802 e. The molecule has 0 spiro atoms. The van der Waals surface area contributed by atoms with Crippen molar-refractivity contribution in [1.29, 1.82) is 0 Å². The third-order valence-corrected chi connectivity index (χ3v) is 2.85. The van der Waals surface area contributed by atoms with E-state index in [1.807, 2.05) is 31.2 Å². The lowest BCUT2D eigenvalue weighted by Gasteiger charge is -2.15. The molecule has 84 valence electrons. The summed E-state index contributed by atoms with van der Waals surface area (Å²) in [4.78, 5) is 0. The van der Waals surface area contributed by atoms with Crippen molar-refractivity contribution in [3.8, 4) is 0 Å². The topological polar surface area (TPSA) is 35.2 Å². The van der Waals surface area contributed by atoms with Crippen LogP contribution in [0.15, 0.2) is 36.4 Å². The van der Waals surface area contributed by atoms with Crippen LogP contribution in [0.5, 0.6) is 0 Å². The summed E-state index contributed by atoms with van der Waals surface area (Å²) >= 11 is 0. The first-order valence-electron chi connectivity index (χ1n) is 5.62. The van der Waals surface area contributed by atoms with Crippen molar-refractivity contribution in [1.82, 2.24) is 0 Å². The van der Waals surface area contributed by atoms with Gasteiger partial charge in [-0.1, -0.05) is 30.3 Å². The second-order valence-corrected chi connectivity index (χ2v) is 3.89. The standard InChI is InChI=1S/C14H17NO/c1-3-16-10(2)11-8-9-14(15)13-7-5-4-6-12(11)13/h4-10H,3,15H2,1-2H3/t10-/m0/s1. The predicted octanol–water partition coefficient (Wildman–Crippen LogP) is 3.52. The average molecular weight is 215 g/mol. The Morgan fingerprint density at radius 3 is 2.50 bits per heavy atom. The number of fused-ring (bicyclic) bond motifs is 1. The molecule has 2 N–H and O–H groups in total. The highest BCUT2D eigenvalue weighted by Crippen LogP contribution is 2.29. The largest absolute Gasteiger partial charge is 0.398 e. The first-order chi connectivity index (χ1) is 7.74. The molecule has 0 saturated heterocycles. The van der Waals surface area contributed by atoms with E-state index in [4.69, 9.17) is 10.5 Å². The monoisotopic (exact) mass is 215 g/mol. The number of benzene rings is 2. The molecule has 0 amide bonds. The third-order valence-electron chi connectivity index (χ3n) is 2.85. The maximum Gasteiger partial charge on any atom is 0.0802 e. The third kappa shape index (κ3) is 1.89. The van der Waals surface area contributed by atoms with Crippen LogP contribution in [0.3, 0.4) is 0 Å². The van der Waals surface area contributed by atoms with Crippen LogP contribution >= 0.6 is 0 Å². The highest BCUT2D eigenvalue weighted by molar-refractivity contribution is 5.95. The SMILES string of the molecule is CCO[C@@H](C)c1ccc(N)c2ccccc12. The van der Waals surface area contributed by atoms with Gasteiger partial charge in [-0.15, -0.1) is 0 Å². The van der Waals surface area contributed by atoms with E-state index in [9.17, 15) is 0 Å². The van der Waals surface area contributed by atoms with Crippen molar-refractivity contribution >= 4 is 16.5 Å². The van der Waals surface area contributed by atoms with Crippen molar-refractivity contribution < 1.29 is 4.74 Å². The van der Waals surface area contributed by atoms with E-state index in [-0.39, 0.29) is 6.10 Å². The molecule has 0 aliphatic rings. The van der Waals surface area contributed by atoms with E-state index in [2.05, 4.69) is 19.1 Å². The van der Waals surface area contributed by atoms with Crippen LogP contribution in [0.25, 0.3) is 10.8 Å². The zero-order chi connectivity index (χ0) is 11.5. The van der Waals surface area contributed by atoms with Gasteiger partial charge in [0, 0.05) is 17.7 Å². The Morgan fingerprint density at radius 2 is 1.81 bits per heavy atom. The summed E-state index contributed by atoms with van der Waals surface area (Å²) in [5, 5.41) is 2.29. The zero-order valence-electron chi connectivity index (χ0n) is 9.73. The normalized spacial score (nSPS) is 12.9. The van der Waals surface area contributed by atoms with Gasteiger partial charge in [0.2, 0.25) is 0 Å². The van der Waals surface area contributed by atoms with E-state index >= 15 is 0 Å². The fraction of sp³-hybridized carbons (Fsp3) is 0.286. The van der Waals surface area contributed by atoms with Crippen molar-refractivity contribution in [2.75, 3.05) is 12.3 Å². The maximum absolute atomic E-state index is 5.96. The summed E-state index contributed by atoms with van der Waals surface area (Å²) in [7, 11) is 0. The molecule has 0 aromatic heterocycles. The summed E-state index contributed by atoms with van der Waals surface area (Å²) in [6.07, 6.45) is 0.107. The molecule has 0 radical (unpaired) electrons. The number of rotatable bonds is 3. The minimum absolute atomic E-state index is 0.107. The Balaban J connectivity index is 2.58. The van der Waals surface area contributed by atoms with E-state index in [1.165, 1.54) is 10.9 Å². The number of anilines is 1. The molecule has 2 rings (SSSR count).